The van der Waals surface area contributed by atoms with Gasteiger partial charge in [-0.3, -0.25) is 4.79 Å². The van der Waals surface area contributed by atoms with Gasteiger partial charge in [-0.15, -0.1) is 0 Å². The number of nitrogens with zero attached hydrogens (tertiary/aromatic N) is 1. The van der Waals surface area contributed by atoms with Crippen LogP contribution in [0.3, 0.4) is 0 Å². The van der Waals surface area contributed by atoms with Crippen LogP contribution >= 0.6 is 23.2 Å². The van der Waals surface area contributed by atoms with Gasteiger partial charge in [-0.2, -0.15) is 5.26 Å². The van der Waals surface area contributed by atoms with E-state index in [4.69, 9.17) is 23.2 Å². The molecule has 4 heteroatoms. The smallest absolute Gasteiger partial charge is 0.184 e. The first-order chi connectivity index (χ1) is 9.93. The fourth-order valence-corrected chi connectivity index (χ4v) is 2.44. The summed E-state index contributed by atoms with van der Waals surface area (Å²) in [5.74, 6) is -1.11. The Labute approximate surface area is 133 Å². The van der Waals surface area contributed by atoms with E-state index in [1.165, 1.54) is 0 Å². The summed E-state index contributed by atoms with van der Waals surface area (Å²) >= 11 is 11.8. The Morgan fingerprint density at radius 1 is 1.10 bits per heavy atom. The molecule has 21 heavy (non-hydrogen) atoms. The van der Waals surface area contributed by atoms with Crippen LogP contribution in [0, 0.1) is 25.2 Å². The predicted molar refractivity (Wildman–Crippen MR) is 85.1 cm³/mol. The molecule has 2 rings (SSSR count). The molecular weight excluding hydrogens is 305 g/mol. The van der Waals surface area contributed by atoms with Gasteiger partial charge in [-0.1, -0.05) is 47.0 Å². The molecule has 0 saturated carbocycles. The zero-order valence-corrected chi connectivity index (χ0v) is 13.2. The van der Waals surface area contributed by atoms with Crippen LogP contribution in [0.2, 0.25) is 10.0 Å². The van der Waals surface area contributed by atoms with Crippen molar-refractivity contribution in [2.75, 3.05) is 0 Å². The molecule has 1 unspecified atom stereocenters. The zero-order chi connectivity index (χ0) is 15.6. The van der Waals surface area contributed by atoms with Crippen LogP contribution in [0.15, 0.2) is 36.4 Å². The molecule has 0 radical (unpaired) electrons. The molecule has 0 aliphatic heterocycles. The van der Waals surface area contributed by atoms with E-state index < -0.39 is 5.92 Å². The molecule has 0 heterocycles. The number of rotatable bonds is 3. The summed E-state index contributed by atoms with van der Waals surface area (Å²) in [5.41, 5.74) is 2.95. The molecule has 1 atom stereocenters. The molecular formula is C17H13Cl2NO. The monoisotopic (exact) mass is 317 g/mol. The Balaban J connectivity index is 2.46. The first-order valence-corrected chi connectivity index (χ1v) is 7.15. The van der Waals surface area contributed by atoms with Crippen LogP contribution in [0.4, 0.5) is 0 Å². The van der Waals surface area contributed by atoms with Gasteiger partial charge in [-0.25, -0.2) is 0 Å². The van der Waals surface area contributed by atoms with Gasteiger partial charge >= 0.3 is 0 Å². The number of ketones is 1. The van der Waals surface area contributed by atoms with E-state index in [1.54, 1.807) is 24.3 Å². The summed E-state index contributed by atoms with van der Waals surface area (Å²) in [5, 5.41) is 10.1. The third-order valence-corrected chi connectivity index (χ3v) is 4.07. The summed E-state index contributed by atoms with van der Waals surface area (Å²) in [6.45, 7) is 3.77. The second-order valence-electron chi connectivity index (χ2n) is 4.92. The maximum absolute atomic E-state index is 12.6. The van der Waals surface area contributed by atoms with Crippen LogP contribution in [0.25, 0.3) is 0 Å². The first-order valence-electron chi connectivity index (χ1n) is 6.40. The van der Waals surface area contributed by atoms with Gasteiger partial charge in [0.1, 0.15) is 5.92 Å². The van der Waals surface area contributed by atoms with Crippen molar-refractivity contribution in [1.29, 1.82) is 5.26 Å². The van der Waals surface area contributed by atoms with Gasteiger partial charge in [0.05, 0.1) is 16.1 Å². The van der Waals surface area contributed by atoms with Crippen molar-refractivity contribution in [2.24, 2.45) is 0 Å². The van der Waals surface area contributed by atoms with E-state index in [2.05, 4.69) is 6.07 Å². The molecule has 0 fully saturated rings. The largest absolute Gasteiger partial charge is 0.292 e. The predicted octanol–water partition coefficient (Wildman–Crippen LogP) is 5.10. The molecule has 2 aromatic rings. The Hall–Kier alpha value is -1.82. The summed E-state index contributed by atoms with van der Waals surface area (Å²) in [6.07, 6.45) is 0. The summed E-state index contributed by atoms with van der Waals surface area (Å²) in [6, 6.07) is 12.5. The van der Waals surface area contributed by atoms with Crippen LogP contribution in [-0.2, 0) is 0 Å². The van der Waals surface area contributed by atoms with Gasteiger partial charge in [0.15, 0.2) is 5.78 Å². The van der Waals surface area contributed by atoms with Gasteiger partial charge in [0.2, 0.25) is 0 Å². The third kappa shape index (κ3) is 3.26. The Morgan fingerprint density at radius 3 is 2.43 bits per heavy atom. The SMILES string of the molecule is Cc1ccc(C)c(C(=O)C(C#N)c2ccc(Cl)c(Cl)c2)c1. The van der Waals surface area contributed by atoms with Crippen molar-refractivity contribution in [3.05, 3.63) is 68.7 Å². The number of hydrogen-bond donors (Lipinski definition) is 0. The fourth-order valence-electron chi connectivity index (χ4n) is 2.13. The van der Waals surface area contributed by atoms with Crippen LogP contribution in [0.1, 0.15) is 33.0 Å². The maximum atomic E-state index is 12.6. The second kappa shape index (κ2) is 6.30. The van der Waals surface area contributed by atoms with E-state index in [-0.39, 0.29) is 5.78 Å². The number of halogens is 2. The van der Waals surface area contributed by atoms with Gasteiger partial charge < -0.3 is 0 Å². The van der Waals surface area contributed by atoms with E-state index in [9.17, 15) is 10.1 Å². The highest BCUT2D eigenvalue weighted by atomic mass is 35.5. The van der Waals surface area contributed by atoms with Crippen molar-refractivity contribution < 1.29 is 4.79 Å². The number of hydrogen-bond acceptors (Lipinski definition) is 2. The molecule has 0 amide bonds. The highest BCUT2D eigenvalue weighted by Crippen LogP contribution is 2.29. The molecule has 2 aromatic carbocycles. The molecule has 0 aromatic heterocycles. The topological polar surface area (TPSA) is 40.9 Å². The molecule has 0 bridgehead atoms. The Bertz CT molecular complexity index is 747. The van der Waals surface area contributed by atoms with E-state index in [1.807, 2.05) is 26.0 Å². The van der Waals surface area contributed by atoms with Crippen molar-refractivity contribution >= 4 is 29.0 Å². The number of aryl methyl sites for hydroxylation is 2. The number of carbonyl (C=O) groups excluding carboxylic acids is 1. The Kier molecular flexibility index (Phi) is 4.67. The minimum Gasteiger partial charge on any atom is -0.292 e. The van der Waals surface area contributed by atoms with Crippen molar-refractivity contribution in [2.45, 2.75) is 19.8 Å². The van der Waals surface area contributed by atoms with E-state index in [0.717, 1.165) is 11.1 Å². The fraction of sp³-hybridized carbons (Fsp3) is 0.176. The quantitative estimate of drug-likeness (QED) is 0.739. The minimum atomic E-state index is -0.889. The second-order valence-corrected chi connectivity index (χ2v) is 5.73. The van der Waals surface area contributed by atoms with Gasteiger partial charge in [-0.05, 0) is 43.2 Å². The Morgan fingerprint density at radius 2 is 1.81 bits per heavy atom. The zero-order valence-electron chi connectivity index (χ0n) is 11.7. The minimum absolute atomic E-state index is 0.225. The molecule has 2 nitrogen and oxygen atoms in total. The average molecular weight is 318 g/mol. The molecule has 106 valence electrons. The number of nitriles is 1. The molecule has 0 aliphatic rings. The lowest BCUT2D eigenvalue weighted by Crippen LogP contribution is -2.13. The number of Topliss-reactive ketones (excluding diaryl/α,β-unsaturated/α-hetero) is 1. The highest BCUT2D eigenvalue weighted by molar-refractivity contribution is 6.42. The van der Waals surface area contributed by atoms with Gasteiger partial charge in [0.25, 0.3) is 0 Å². The highest BCUT2D eigenvalue weighted by Gasteiger charge is 2.23. The van der Waals surface area contributed by atoms with Crippen molar-refractivity contribution in [3.63, 3.8) is 0 Å². The van der Waals surface area contributed by atoms with E-state index in [0.29, 0.717) is 21.2 Å². The van der Waals surface area contributed by atoms with Crippen molar-refractivity contribution in [1.82, 2.24) is 0 Å². The van der Waals surface area contributed by atoms with Crippen LogP contribution < -0.4 is 0 Å². The van der Waals surface area contributed by atoms with E-state index >= 15 is 0 Å². The summed E-state index contributed by atoms with van der Waals surface area (Å²) in [4.78, 5) is 12.6. The maximum Gasteiger partial charge on any atom is 0.184 e. The lowest BCUT2D eigenvalue weighted by molar-refractivity contribution is 0.0978. The lowest BCUT2D eigenvalue weighted by atomic mass is 9.89. The summed E-state index contributed by atoms with van der Waals surface area (Å²) < 4.78 is 0. The summed E-state index contributed by atoms with van der Waals surface area (Å²) in [7, 11) is 0. The number of benzene rings is 2. The first kappa shape index (κ1) is 15.6. The molecule has 0 N–H and O–H groups in total. The number of carbonyl (C=O) groups is 1. The average Bonchev–Trinajstić information content (AvgIpc) is 2.46. The van der Waals surface area contributed by atoms with Crippen molar-refractivity contribution in [3.8, 4) is 6.07 Å². The molecule has 0 saturated heterocycles. The lowest BCUT2D eigenvalue weighted by Gasteiger charge is -2.12. The molecule has 0 spiro atoms. The third-order valence-electron chi connectivity index (χ3n) is 3.33. The van der Waals surface area contributed by atoms with Gasteiger partial charge in [0, 0.05) is 5.56 Å². The van der Waals surface area contributed by atoms with Crippen LogP contribution in [-0.4, -0.2) is 5.78 Å². The van der Waals surface area contributed by atoms with Crippen LogP contribution in [0.5, 0.6) is 0 Å². The standard InChI is InChI=1S/C17H13Cl2NO/c1-10-3-4-11(2)13(7-10)17(21)14(9-20)12-5-6-15(18)16(19)8-12/h3-8,14H,1-2H3. The normalized spacial score (nSPS) is 11.8. The molecule has 0 aliphatic carbocycles.